The normalized spacial score (nSPS) is 22.3. The van der Waals surface area contributed by atoms with Crippen molar-refractivity contribution in [2.75, 3.05) is 6.67 Å². The summed E-state index contributed by atoms with van der Waals surface area (Å²) in [5, 5.41) is 3.29. The topological polar surface area (TPSA) is 24.4 Å². The van der Waals surface area contributed by atoms with Crippen LogP contribution in [0.3, 0.4) is 0 Å². The van der Waals surface area contributed by atoms with Crippen LogP contribution in [0.4, 0.5) is 0 Å². The quantitative estimate of drug-likeness (QED) is 0.703. The second-order valence-corrected chi connectivity index (χ2v) is 3.58. The van der Waals surface area contributed by atoms with Gasteiger partial charge in [0.05, 0.1) is 0 Å². The van der Waals surface area contributed by atoms with Crippen LogP contribution in [-0.4, -0.2) is 27.3 Å². The standard InChI is InChI=1S/C9H9N2Se/c12-9-8(10-6-11-9)7-4-2-1-3-5-7/h1-5,8,10H,6H2. The molecular weight excluding hydrogens is 215 g/mol. The third-order valence-electron chi connectivity index (χ3n) is 1.91. The first kappa shape index (κ1) is 7.99. The van der Waals surface area contributed by atoms with Crippen molar-refractivity contribution in [2.45, 2.75) is 6.04 Å². The number of rotatable bonds is 1. The van der Waals surface area contributed by atoms with E-state index in [0.29, 0.717) is 0 Å². The fraction of sp³-hybridized carbons (Fsp3) is 0.222. The Bertz CT molecular complexity index is 295. The number of nitrogens with one attached hydrogen (secondary N) is 1. The van der Waals surface area contributed by atoms with Crippen molar-refractivity contribution in [3.63, 3.8) is 0 Å². The molecule has 0 amide bonds. The fourth-order valence-corrected chi connectivity index (χ4v) is 1.90. The van der Waals surface area contributed by atoms with Gasteiger partial charge >= 0.3 is 79.5 Å². The van der Waals surface area contributed by atoms with E-state index in [1.54, 1.807) is 0 Å². The summed E-state index contributed by atoms with van der Waals surface area (Å²) in [5.74, 6) is 0. The van der Waals surface area contributed by atoms with Crippen LogP contribution in [0.1, 0.15) is 11.6 Å². The molecule has 1 radical (unpaired) electrons. The predicted octanol–water partition coefficient (Wildman–Crippen LogP) is 0.855. The molecule has 1 aromatic carbocycles. The minimum absolute atomic E-state index is 0.284. The SMILES string of the molecule is [Se]C1=NCNC1c1ccccc1. The molecule has 0 fully saturated rings. The first-order valence-electron chi connectivity index (χ1n) is 3.87. The molecule has 12 heavy (non-hydrogen) atoms. The van der Waals surface area contributed by atoms with E-state index in [-0.39, 0.29) is 6.04 Å². The van der Waals surface area contributed by atoms with Gasteiger partial charge in [-0.2, -0.15) is 0 Å². The summed E-state index contributed by atoms with van der Waals surface area (Å²) in [4.78, 5) is 4.24. The maximum absolute atomic E-state index is 4.24. The van der Waals surface area contributed by atoms with Gasteiger partial charge in [-0.05, 0) is 0 Å². The van der Waals surface area contributed by atoms with E-state index in [0.717, 1.165) is 11.3 Å². The second kappa shape index (κ2) is 3.40. The van der Waals surface area contributed by atoms with E-state index < -0.39 is 0 Å². The van der Waals surface area contributed by atoms with Crippen LogP contribution in [-0.2, 0) is 0 Å². The molecule has 2 nitrogen and oxygen atoms in total. The number of nitrogens with zero attached hydrogens (tertiary/aromatic N) is 1. The minimum atomic E-state index is 0.284. The Balaban J connectivity index is 2.27. The molecule has 61 valence electrons. The van der Waals surface area contributed by atoms with Gasteiger partial charge in [0.15, 0.2) is 0 Å². The van der Waals surface area contributed by atoms with Crippen LogP contribution in [0.2, 0.25) is 0 Å². The van der Waals surface area contributed by atoms with Gasteiger partial charge in [0.1, 0.15) is 0 Å². The van der Waals surface area contributed by atoms with Crippen LogP contribution < -0.4 is 5.32 Å². The first-order chi connectivity index (χ1) is 5.88. The summed E-state index contributed by atoms with van der Waals surface area (Å²) >= 11 is 2.97. The van der Waals surface area contributed by atoms with Crippen LogP contribution >= 0.6 is 0 Å². The van der Waals surface area contributed by atoms with Crippen molar-refractivity contribution >= 4 is 20.6 Å². The van der Waals surface area contributed by atoms with Crippen LogP contribution in [0.5, 0.6) is 0 Å². The van der Waals surface area contributed by atoms with Gasteiger partial charge in [-0.1, -0.05) is 0 Å². The van der Waals surface area contributed by atoms with E-state index in [2.05, 4.69) is 38.5 Å². The Kier molecular flexibility index (Phi) is 2.26. The molecule has 0 saturated carbocycles. The van der Waals surface area contributed by atoms with Gasteiger partial charge < -0.3 is 0 Å². The van der Waals surface area contributed by atoms with Crippen molar-refractivity contribution in [3.8, 4) is 0 Å². The van der Waals surface area contributed by atoms with Crippen molar-refractivity contribution in [3.05, 3.63) is 35.9 Å². The Morgan fingerprint density at radius 2 is 2.08 bits per heavy atom. The zero-order chi connectivity index (χ0) is 8.39. The molecular formula is C9H9N2Se. The molecule has 1 aliphatic heterocycles. The number of benzene rings is 1. The van der Waals surface area contributed by atoms with Gasteiger partial charge in [0.2, 0.25) is 0 Å². The fourth-order valence-electron chi connectivity index (χ4n) is 1.30. The third kappa shape index (κ3) is 1.44. The molecule has 2 rings (SSSR count). The van der Waals surface area contributed by atoms with Crippen LogP contribution in [0.25, 0.3) is 0 Å². The van der Waals surface area contributed by atoms with Gasteiger partial charge in [-0.15, -0.1) is 0 Å². The van der Waals surface area contributed by atoms with E-state index in [1.165, 1.54) is 5.56 Å². The zero-order valence-corrected chi connectivity index (χ0v) is 8.24. The molecule has 0 saturated heterocycles. The van der Waals surface area contributed by atoms with Crippen LogP contribution in [0.15, 0.2) is 35.3 Å². The van der Waals surface area contributed by atoms with Crippen molar-refractivity contribution in [1.29, 1.82) is 0 Å². The Morgan fingerprint density at radius 3 is 2.67 bits per heavy atom. The molecule has 1 aromatic rings. The number of aliphatic imine (C=N–C) groups is 1. The second-order valence-electron chi connectivity index (χ2n) is 2.70. The summed E-state index contributed by atoms with van der Waals surface area (Å²) in [5.41, 5.74) is 1.27. The summed E-state index contributed by atoms with van der Waals surface area (Å²) in [6.07, 6.45) is 0. The molecule has 0 aromatic heterocycles. The Morgan fingerprint density at radius 1 is 1.33 bits per heavy atom. The van der Waals surface area contributed by atoms with Crippen LogP contribution in [0, 0.1) is 0 Å². The Labute approximate surface area is 79.9 Å². The van der Waals surface area contributed by atoms with Gasteiger partial charge in [-0.3, -0.25) is 0 Å². The molecule has 1 unspecified atom stereocenters. The third-order valence-corrected chi connectivity index (χ3v) is 2.68. The molecule has 1 N–H and O–H groups in total. The van der Waals surface area contributed by atoms with Crippen molar-refractivity contribution < 1.29 is 0 Å². The van der Waals surface area contributed by atoms with E-state index in [4.69, 9.17) is 0 Å². The van der Waals surface area contributed by atoms with Gasteiger partial charge in [0, 0.05) is 0 Å². The summed E-state index contributed by atoms with van der Waals surface area (Å²) < 4.78 is 1.06. The molecule has 1 heterocycles. The summed E-state index contributed by atoms with van der Waals surface area (Å²) in [7, 11) is 0. The molecule has 0 aliphatic carbocycles. The zero-order valence-electron chi connectivity index (χ0n) is 6.53. The molecule has 0 spiro atoms. The molecule has 0 bridgehead atoms. The van der Waals surface area contributed by atoms with E-state index in [1.807, 2.05) is 18.2 Å². The van der Waals surface area contributed by atoms with E-state index >= 15 is 0 Å². The number of hydrogen-bond donors (Lipinski definition) is 1. The van der Waals surface area contributed by atoms with Gasteiger partial charge in [0.25, 0.3) is 0 Å². The average Bonchev–Trinajstić information content (AvgIpc) is 2.53. The maximum atomic E-state index is 4.24. The Hall–Kier alpha value is -0.631. The first-order valence-corrected chi connectivity index (χ1v) is 4.73. The van der Waals surface area contributed by atoms with E-state index in [9.17, 15) is 0 Å². The van der Waals surface area contributed by atoms with Crippen molar-refractivity contribution in [1.82, 2.24) is 5.32 Å². The predicted molar refractivity (Wildman–Crippen MR) is 50.4 cm³/mol. The summed E-state index contributed by atoms with van der Waals surface area (Å²) in [6, 6.07) is 10.6. The molecule has 1 aliphatic rings. The number of hydrogen-bond acceptors (Lipinski definition) is 2. The monoisotopic (exact) mass is 225 g/mol. The van der Waals surface area contributed by atoms with Gasteiger partial charge in [-0.25, -0.2) is 0 Å². The molecule has 1 atom stereocenters. The molecule has 3 heteroatoms. The average molecular weight is 224 g/mol. The van der Waals surface area contributed by atoms with Crippen molar-refractivity contribution in [2.24, 2.45) is 4.99 Å². The summed E-state index contributed by atoms with van der Waals surface area (Å²) in [6.45, 7) is 0.724.